The molecule has 0 bridgehead atoms. The monoisotopic (exact) mass is 432 g/mol. The molecule has 1 aliphatic rings. The van der Waals surface area contributed by atoms with Crippen molar-refractivity contribution in [2.75, 3.05) is 23.7 Å². The molecule has 0 atom stereocenters. The highest BCUT2D eigenvalue weighted by Gasteiger charge is 2.25. The second-order valence-corrected chi connectivity index (χ2v) is 7.19. The number of alkyl carbamates (subject to hydrolysis) is 1. The Bertz CT molecular complexity index is 808. The second-order valence-electron chi connectivity index (χ2n) is 6.34. The zero-order valence-corrected chi connectivity index (χ0v) is 16.3. The zero-order valence-electron chi connectivity index (χ0n) is 14.7. The molecule has 0 saturated carbocycles. The van der Waals surface area contributed by atoms with E-state index in [9.17, 15) is 9.59 Å². The van der Waals surface area contributed by atoms with E-state index < -0.39 is 6.09 Å². The van der Waals surface area contributed by atoms with Crippen LogP contribution in [0, 0.1) is 0 Å². The number of benzene rings is 1. The number of piperidine rings is 1. The summed E-state index contributed by atoms with van der Waals surface area (Å²) >= 11 is 3.45. The number of hydrogen-bond acceptors (Lipinski definition) is 6. The Balaban J connectivity index is 1.53. The number of ether oxygens (including phenoxy) is 1. The molecule has 1 aliphatic heterocycles. The molecule has 1 amide bonds. The van der Waals surface area contributed by atoms with Crippen molar-refractivity contribution in [2.24, 2.45) is 0 Å². The van der Waals surface area contributed by atoms with E-state index in [2.05, 4.69) is 31.1 Å². The number of halogens is 1. The third-order valence-corrected chi connectivity index (χ3v) is 5.12. The van der Waals surface area contributed by atoms with Gasteiger partial charge in [0, 0.05) is 25.3 Å². The van der Waals surface area contributed by atoms with Crippen molar-refractivity contribution in [2.45, 2.75) is 25.5 Å². The lowest BCUT2D eigenvalue weighted by molar-refractivity contribution is 0.112. The Hall–Kier alpha value is -2.61. The highest BCUT2D eigenvalue weighted by Crippen LogP contribution is 2.33. The van der Waals surface area contributed by atoms with Gasteiger partial charge in [0.05, 0.1) is 15.7 Å². The van der Waals surface area contributed by atoms with Crippen molar-refractivity contribution >= 4 is 39.8 Å². The van der Waals surface area contributed by atoms with Gasteiger partial charge >= 0.3 is 6.09 Å². The SMILES string of the molecule is Nc1ncc(Br)c(N2CCC(NC(=O)OCc3ccccc3)CC2)c1C=O. The van der Waals surface area contributed by atoms with Crippen molar-refractivity contribution in [1.29, 1.82) is 0 Å². The molecule has 1 aromatic carbocycles. The van der Waals surface area contributed by atoms with Crippen LogP contribution in [0.3, 0.4) is 0 Å². The summed E-state index contributed by atoms with van der Waals surface area (Å²) in [6, 6.07) is 9.58. The Morgan fingerprint density at radius 1 is 1.33 bits per heavy atom. The van der Waals surface area contributed by atoms with Crippen LogP contribution in [-0.4, -0.2) is 36.5 Å². The van der Waals surface area contributed by atoms with Gasteiger partial charge in [-0.1, -0.05) is 30.3 Å². The average Bonchev–Trinajstić information content (AvgIpc) is 2.69. The predicted molar refractivity (Wildman–Crippen MR) is 107 cm³/mol. The smallest absolute Gasteiger partial charge is 0.407 e. The number of amides is 1. The third-order valence-electron chi connectivity index (χ3n) is 4.54. The van der Waals surface area contributed by atoms with Gasteiger partial charge in [0.15, 0.2) is 6.29 Å². The number of pyridine rings is 1. The van der Waals surface area contributed by atoms with Crippen molar-refractivity contribution < 1.29 is 14.3 Å². The van der Waals surface area contributed by atoms with Crippen molar-refractivity contribution in [3.8, 4) is 0 Å². The number of anilines is 2. The number of rotatable bonds is 5. The molecule has 1 saturated heterocycles. The lowest BCUT2D eigenvalue weighted by atomic mass is 10.0. The molecular formula is C19H21BrN4O3. The topological polar surface area (TPSA) is 97.6 Å². The van der Waals surface area contributed by atoms with Gasteiger partial charge in [0.25, 0.3) is 0 Å². The molecule has 2 heterocycles. The number of nitrogens with one attached hydrogen (secondary N) is 1. The van der Waals surface area contributed by atoms with Crippen LogP contribution in [-0.2, 0) is 11.3 Å². The highest BCUT2D eigenvalue weighted by molar-refractivity contribution is 9.10. The molecule has 3 rings (SSSR count). The third kappa shape index (κ3) is 4.77. The van der Waals surface area contributed by atoms with Crippen LogP contribution in [0.1, 0.15) is 28.8 Å². The summed E-state index contributed by atoms with van der Waals surface area (Å²) in [6.45, 7) is 1.62. The van der Waals surface area contributed by atoms with Crippen molar-refractivity contribution in [3.63, 3.8) is 0 Å². The van der Waals surface area contributed by atoms with Gasteiger partial charge in [-0.2, -0.15) is 0 Å². The summed E-state index contributed by atoms with van der Waals surface area (Å²) in [4.78, 5) is 29.5. The summed E-state index contributed by atoms with van der Waals surface area (Å²) in [6.07, 6.45) is 3.40. The average molecular weight is 433 g/mol. The van der Waals surface area contributed by atoms with Crippen LogP contribution < -0.4 is 16.0 Å². The molecular weight excluding hydrogens is 412 g/mol. The van der Waals surface area contributed by atoms with Crippen LogP contribution >= 0.6 is 15.9 Å². The first-order valence-electron chi connectivity index (χ1n) is 8.69. The van der Waals surface area contributed by atoms with Gasteiger partial charge in [-0.15, -0.1) is 0 Å². The standard InChI is InChI=1S/C19H21BrN4O3/c20-16-10-22-18(21)15(11-25)17(16)24-8-6-14(7-9-24)23-19(26)27-12-13-4-2-1-3-5-13/h1-5,10-11,14H,6-9,12H2,(H2,21,22)(H,23,26). The predicted octanol–water partition coefficient (Wildman–Crippen LogP) is 3.13. The fraction of sp³-hybridized carbons (Fsp3) is 0.316. The molecule has 8 heteroatoms. The van der Waals surface area contributed by atoms with E-state index in [1.165, 1.54) is 0 Å². The van der Waals surface area contributed by atoms with Crippen LogP contribution in [0.2, 0.25) is 0 Å². The minimum Gasteiger partial charge on any atom is -0.445 e. The lowest BCUT2D eigenvalue weighted by Crippen LogP contribution is -2.45. The molecule has 142 valence electrons. The summed E-state index contributed by atoms with van der Waals surface area (Å²) in [5.41, 5.74) is 7.91. The fourth-order valence-corrected chi connectivity index (χ4v) is 3.69. The van der Waals surface area contributed by atoms with E-state index in [1.54, 1.807) is 6.20 Å². The Morgan fingerprint density at radius 2 is 2.04 bits per heavy atom. The number of nitrogens with two attached hydrogens (primary N) is 1. The molecule has 7 nitrogen and oxygen atoms in total. The molecule has 0 spiro atoms. The van der Waals surface area contributed by atoms with E-state index in [0.29, 0.717) is 18.7 Å². The van der Waals surface area contributed by atoms with E-state index >= 15 is 0 Å². The van der Waals surface area contributed by atoms with Gasteiger partial charge in [0.1, 0.15) is 12.4 Å². The highest BCUT2D eigenvalue weighted by atomic mass is 79.9. The van der Waals surface area contributed by atoms with E-state index in [-0.39, 0.29) is 18.5 Å². The first-order chi connectivity index (χ1) is 13.1. The molecule has 3 N–H and O–H groups in total. The summed E-state index contributed by atoms with van der Waals surface area (Å²) < 4.78 is 6.00. The van der Waals surface area contributed by atoms with Crippen LogP contribution in [0.4, 0.5) is 16.3 Å². The Morgan fingerprint density at radius 3 is 2.70 bits per heavy atom. The van der Waals surface area contributed by atoms with Crippen LogP contribution in [0.25, 0.3) is 0 Å². The normalized spacial score (nSPS) is 14.6. The minimum absolute atomic E-state index is 0.0298. The maximum Gasteiger partial charge on any atom is 0.407 e. The number of nitrogens with zero attached hydrogens (tertiary/aromatic N) is 2. The van der Waals surface area contributed by atoms with Crippen LogP contribution in [0.5, 0.6) is 0 Å². The number of hydrogen-bond donors (Lipinski definition) is 2. The quantitative estimate of drug-likeness (QED) is 0.704. The van der Waals surface area contributed by atoms with E-state index in [0.717, 1.165) is 34.9 Å². The fourth-order valence-electron chi connectivity index (χ4n) is 3.12. The van der Waals surface area contributed by atoms with Gasteiger partial charge in [-0.25, -0.2) is 9.78 Å². The molecule has 27 heavy (non-hydrogen) atoms. The maximum atomic E-state index is 12.0. The number of carbonyl (C=O) groups is 2. The lowest BCUT2D eigenvalue weighted by Gasteiger charge is -2.35. The maximum absolute atomic E-state index is 12.0. The number of aldehydes is 1. The molecule has 2 aromatic rings. The molecule has 1 fully saturated rings. The van der Waals surface area contributed by atoms with Gasteiger partial charge in [0.2, 0.25) is 0 Å². The number of carbonyl (C=O) groups excluding carboxylic acids is 2. The van der Waals surface area contributed by atoms with E-state index in [4.69, 9.17) is 10.5 Å². The summed E-state index contributed by atoms with van der Waals surface area (Å²) in [5.74, 6) is 0.216. The molecule has 0 unspecified atom stereocenters. The first kappa shape index (κ1) is 19.2. The number of nitrogen functional groups attached to an aromatic ring is 1. The van der Waals surface area contributed by atoms with Crippen molar-refractivity contribution in [3.05, 3.63) is 52.1 Å². The van der Waals surface area contributed by atoms with Gasteiger partial charge in [-0.05, 0) is 34.3 Å². The van der Waals surface area contributed by atoms with E-state index in [1.807, 2.05) is 30.3 Å². The van der Waals surface area contributed by atoms with Gasteiger partial charge < -0.3 is 20.7 Å². The Labute approximate surface area is 166 Å². The largest absolute Gasteiger partial charge is 0.445 e. The molecule has 0 radical (unpaired) electrons. The zero-order chi connectivity index (χ0) is 19.2. The first-order valence-corrected chi connectivity index (χ1v) is 9.49. The molecule has 1 aromatic heterocycles. The van der Waals surface area contributed by atoms with Crippen molar-refractivity contribution in [1.82, 2.24) is 10.3 Å². The summed E-state index contributed by atoms with van der Waals surface area (Å²) in [7, 11) is 0. The Kier molecular flexibility index (Phi) is 6.28. The molecule has 0 aliphatic carbocycles. The summed E-state index contributed by atoms with van der Waals surface area (Å²) in [5, 5.41) is 2.91. The second kappa shape index (κ2) is 8.85. The minimum atomic E-state index is -0.416. The van der Waals surface area contributed by atoms with Gasteiger partial charge in [-0.3, -0.25) is 4.79 Å². The number of aromatic nitrogens is 1. The van der Waals surface area contributed by atoms with Crippen LogP contribution in [0.15, 0.2) is 41.0 Å².